The molecule has 6 heteroatoms. The summed E-state index contributed by atoms with van der Waals surface area (Å²) in [6.45, 7) is 1.50. The van der Waals surface area contributed by atoms with E-state index in [1.54, 1.807) is 31.4 Å². The molecular formula is C23H26FNO4. The number of amides is 1. The van der Waals surface area contributed by atoms with Crippen molar-refractivity contribution in [3.63, 3.8) is 0 Å². The van der Waals surface area contributed by atoms with E-state index in [1.165, 1.54) is 12.1 Å². The first-order chi connectivity index (χ1) is 14.2. The molecule has 154 valence electrons. The van der Waals surface area contributed by atoms with Crippen LogP contribution in [0.4, 0.5) is 4.39 Å². The van der Waals surface area contributed by atoms with Crippen molar-refractivity contribution in [2.75, 3.05) is 26.9 Å². The highest BCUT2D eigenvalue weighted by Crippen LogP contribution is 2.41. The first-order valence-electron chi connectivity index (χ1n) is 10.2. The SMILES string of the molecule is COc1cc(C(=O)N(CCc2ccc(F)cc2)C2CCCC2)cc2c1OCCO2. The number of ether oxygens (including phenoxy) is 3. The Balaban J connectivity index is 1.58. The Labute approximate surface area is 170 Å². The van der Waals surface area contributed by atoms with Crippen molar-refractivity contribution >= 4 is 5.91 Å². The maximum Gasteiger partial charge on any atom is 0.254 e. The second kappa shape index (κ2) is 8.72. The van der Waals surface area contributed by atoms with Gasteiger partial charge in [-0.2, -0.15) is 0 Å². The molecule has 2 aromatic carbocycles. The summed E-state index contributed by atoms with van der Waals surface area (Å²) >= 11 is 0. The summed E-state index contributed by atoms with van der Waals surface area (Å²) in [6.07, 6.45) is 4.98. The molecule has 1 aliphatic heterocycles. The van der Waals surface area contributed by atoms with Crippen molar-refractivity contribution in [3.8, 4) is 17.2 Å². The second-order valence-electron chi connectivity index (χ2n) is 7.52. The van der Waals surface area contributed by atoms with Crippen LogP contribution in [0, 0.1) is 5.82 Å². The first-order valence-corrected chi connectivity index (χ1v) is 10.2. The third-order valence-corrected chi connectivity index (χ3v) is 5.66. The summed E-state index contributed by atoms with van der Waals surface area (Å²) in [5, 5.41) is 0. The van der Waals surface area contributed by atoms with Crippen LogP contribution in [0.15, 0.2) is 36.4 Å². The molecule has 5 nitrogen and oxygen atoms in total. The van der Waals surface area contributed by atoms with E-state index >= 15 is 0 Å². The van der Waals surface area contributed by atoms with Gasteiger partial charge in [0.05, 0.1) is 7.11 Å². The van der Waals surface area contributed by atoms with Gasteiger partial charge in [-0.1, -0.05) is 25.0 Å². The van der Waals surface area contributed by atoms with Gasteiger partial charge < -0.3 is 19.1 Å². The summed E-state index contributed by atoms with van der Waals surface area (Å²) in [6, 6.07) is 10.2. The largest absolute Gasteiger partial charge is 0.493 e. The van der Waals surface area contributed by atoms with Crippen LogP contribution in [0.2, 0.25) is 0 Å². The smallest absolute Gasteiger partial charge is 0.254 e. The second-order valence-corrected chi connectivity index (χ2v) is 7.52. The summed E-state index contributed by atoms with van der Waals surface area (Å²) in [5.74, 6) is 1.32. The first kappa shape index (κ1) is 19.6. The van der Waals surface area contributed by atoms with Gasteiger partial charge in [-0.25, -0.2) is 4.39 Å². The van der Waals surface area contributed by atoms with Crippen molar-refractivity contribution in [2.24, 2.45) is 0 Å². The predicted molar refractivity (Wildman–Crippen MR) is 107 cm³/mol. The minimum Gasteiger partial charge on any atom is -0.493 e. The Bertz CT molecular complexity index is 845. The van der Waals surface area contributed by atoms with Crippen LogP contribution in [-0.2, 0) is 6.42 Å². The van der Waals surface area contributed by atoms with E-state index < -0.39 is 0 Å². The molecule has 0 N–H and O–H groups in total. The zero-order valence-corrected chi connectivity index (χ0v) is 16.7. The summed E-state index contributed by atoms with van der Waals surface area (Å²) in [4.78, 5) is 15.4. The zero-order valence-electron chi connectivity index (χ0n) is 16.7. The molecule has 0 radical (unpaired) electrons. The fourth-order valence-electron chi connectivity index (χ4n) is 4.13. The molecule has 0 saturated heterocycles. The number of carbonyl (C=O) groups is 1. The van der Waals surface area contributed by atoms with E-state index in [4.69, 9.17) is 14.2 Å². The Kier molecular flexibility index (Phi) is 5.88. The summed E-state index contributed by atoms with van der Waals surface area (Å²) in [5.41, 5.74) is 1.55. The monoisotopic (exact) mass is 399 g/mol. The predicted octanol–water partition coefficient (Wildman–Crippen LogP) is 4.23. The third kappa shape index (κ3) is 4.31. The van der Waals surface area contributed by atoms with Gasteiger partial charge in [0.25, 0.3) is 5.91 Å². The summed E-state index contributed by atoms with van der Waals surface area (Å²) in [7, 11) is 1.56. The van der Waals surface area contributed by atoms with Gasteiger partial charge in [-0.3, -0.25) is 4.79 Å². The molecule has 2 aromatic rings. The van der Waals surface area contributed by atoms with Gasteiger partial charge in [0.15, 0.2) is 11.5 Å². The average Bonchev–Trinajstić information content (AvgIpc) is 3.28. The van der Waals surface area contributed by atoms with Crippen molar-refractivity contribution in [2.45, 2.75) is 38.1 Å². The number of rotatable bonds is 6. The standard InChI is InChI=1S/C23H26FNO4/c1-27-20-14-17(15-21-22(20)29-13-12-28-21)23(26)25(19-4-2-3-5-19)11-10-16-6-8-18(24)9-7-16/h6-9,14-15,19H,2-5,10-13H2,1H3. The third-order valence-electron chi connectivity index (χ3n) is 5.66. The van der Waals surface area contributed by atoms with Crippen LogP contribution in [0.25, 0.3) is 0 Å². The number of hydrogen-bond acceptors (Lipinski definition) is 4. The number of carbonyl (C=O) groups excluding carboxylic acids is 1. The number of fused-ring (bicyclic) bond motifs is 1. The molecule has 1 aliphatic carbocycles. The molecule has 29 heavy (non-hydrogen) atoms. The maximum absolute atomic E-state index is 13.5. The Morgan fingerprint density at radius 3 is 2.59 bits per heavy atom. The molecule has 0 aromatic heterocycles. The summed E-state index contributed by atoms with van der Waals surface area (Å²) < 4.78 is 30.0. The number of benzene rings is 2. The van der Waals surface area contributed by atoms with Gasteiger partial charge in [-0.05, 0) is 49.1 Å². The average molecular weight is 399 g/mol. The zero-order chi connectivity index (χ0) is 20.2. The number of halogens is 1. The van der Waals surface area contributed by atoms with E-state index in [1.807, 2.05) is 4.90 Å². The fourth-order valence-corrected chi connectivity index (χ4v) is 4.13. The lowest BCUT2D eigenvalue weighted by molar-refractivity contribution is 0.0682. The number of hydrogen-bond donors (Lipinski definition) is 0. The number of nitrogens with zero attached hydrogens (tertiary/aromatic N) is 1. The molecule has 0 unspecified atom stereocenters. The minimum absolute atomic E-state index is 0.0331. The van der Waals surface area contributed by atoms with Crippen LogP contribution >= 0.6 is 0 Å². The van der Waals surface area contributed by atoms with Gasteiger partial charge in [0, 0.05) is 18.2 Å². The lowest BCUT2D eigenvalue weighted by Gasteiger charge is -2.30. The quantitative estimate of drug-likeness (QED) is 0.729. The topological polar surface area (TPSA) is 48.0 Å². The molecule has 1 amide bonds. The fraction of sp³-hybridized carbons (Fsp3) is 0.435. The molecular weight excluding hydrogens is 373 g/mol. The number of methoxy groups -OCH3 is 1. The lowest BCUT2D eigenvalue weighted by Crippen LogP contribution is -2.40. The Morgan fingerprint density at radius 2 is 1.86 bits per heavy atom. The molecule has 4 rings (SSSR count). The lowest BCUT2D eigenvalue weighted by atomic mass is 10.1. The molecule has 0 bridgehead atoms. The molecule has 2 aliphatic rings. The van der Waals surface area contributed by atoms with E-state index in [0.717, 1.165) is 31.2 Å². The van der Waals surface area contributed by atoms with Crippen LogP contribution in [0.3, 0.4) is 0 Å². The Hall–Kier alpha value is -2.76. The van der Waals surface area contributed by atoms with Gasteiger partial charge in [0.1, 0.15) is 19.0 Å². The van der Waals surface area contributed by atoms with Gasteiger partial charge in [0.2, 0.25) is 5.75 Å². The molecule has 1 fully saturated rings. The van der Waals surface area contributed by atoms with Crippen molar-refractivity contribution in [1.29, 1.82) is 0 Å². The highest BCUT2D eigenvalue weighted by atomic mass is 19.1. The van der Waals surface area contributed by atoms with Crippen molar-refractivity contribution in [3.05, 3.63) is 53.3 Å². The minimum atomic E-state index is -0.249. The van der Waals surface area contributed by atoms with E-state index in [-0.39, 0.29) is 17.8 Å². The van der Waals surface area contributed by atoms with Crippen LogP contribution in [0.5, 0.6) is 17.2 Å². The van der Waals surface area contributed by atoms with Crippen LogP contribution in [0.1, 0.15) is 41.6 Å². The van der Waals surface area contributed by atoms with Crippen LogP contribution in [-0.4, -0.2) is 43.7 Å². The van der Waals surface area contributed by atoms with Gasteiger partial charge in [-0.15, -0.1) is 0 Å². The Morgan fingerprint density at radius 1 is 1.14 bits per heavy atom. The van der Waals surface area contributed by atoms with Crippen LogP contribution < -0.4 is 14.2 Å². The van der Waals surface area contributed by atoms with E-state index in [2.05, 4.69) is 0 Å². The normalized spacial score (nSPS) is 15.9. The highest BCUT2D eigenvalue weighted by Gasteiger charge is 2.29. The maximum atomic E-state index is 13.5. The van der Waals surface area contributed by atoms with E-state index in [0.29, 0.717) is 49.0 Å². The van der Waals surface area contributed by atoms with E-state index in [9.17, 15) is 9.18 Å². The molecule has 1 saturated carbocycles. The highest BCUT2D eigenvalue weighted by molar-refractivity contribution is 5.96. The van der Waals surface area contributed by atoms with Crippen molar-refractivity contribution < 1.29 is 23.4 Å². The van der Waals surface area contributed by atoms with Gasteiger partial charge >= 0.3 is 0 Å². The molecule has 0 atom stereocenters. The molecule has 0 spiro atoms. The molecule has 1 heterocycles. The van der Waals surface area contributed by atoms with Crippen molar-refractivity contribution in [1.82, 2.24) is 4.90 Å².